The predicted octanol–water partition coefficient (Wildman–Crippen LogP) is 2.03. The van der Waals surface area contributed by atoms with Gasteiger partial charge in [-0.2, -0.15) is 0 Å². The van der Waals surface area contributed by atoms with Crippen LogP contribution in [0, 0.1) is 0 Å². The Labute approximate surface area is 99.1 Å². The molecule has 1 N–H and O–H groups in total. The quantitative estimate of drug-likeness (QED) is 0.877. The highest BCUT2D eigenvalue weighted by Crippen LogP contribution is 2.04. The molecule has 0 spiro atoms. The molecular formula is C12H15N3O2. The van der Waals surface area contributed by atoms with Gasteiger partial charge in [0, 0.05) is 30.5 Å². The highest BCUT2D eigenvalue weighted by Gasteiger charge is 2.06. The number of furan rings is 1. The second-order valence-electron chi connectivity index (χ2n) is 4.07. The van der Waals surface area contributed by atoms with Gasteiger partial charge in [-0.25, -0.2) is 4.98 Å². The summed E-state index contributed by atoms with van der Waals surface area (Å²) < 4.78 is 6.59. The van der Waals surface area contributed by atoms with Gasteiger partial charge >= 0.3 is 0 Å². The van der Waals surface area contributed by atoms with Gasteiger partial charge in [0.2, 0.25) is 0 Å². The molecule has 0 bridgehead atoms. The van der Waals surface area contributed by atoms with E-state index in [4.69, 9.17) is 4.42 Å². The van der Waals surface area contributed by atoms with Gasteiger partial charge in [0.25, 0.3) is 5.56 Å². The van der Waals surface area contributed by atoms with Crippen molar-refractivity contribution in [1.82, 2.24) is 9.55 Å². The van der Waals surface area contributed by atoms with Gasteiger partial charge in [-0.05, 0) is 19.9 Å². The molecule has 0 unspecified atom stereocenters. The highest BCUT2D eigenvalue weighted by molar-refractivity contribution is 5.32. The minimum absolute atomic E-state index is 0.106. The van der Waals surface area contributed by atoms with Crippen molar-refractivity contribution in [2.24, 2.45) is 0 Å². The van der Waals surface area contributed by atoms with E-state index in [1.54, 1.807) is 29.5 Å². The molecule has 0 amide bonds. The average Bonchev–Trinajstić information content (AvgIpc) is 2.80. The second kappa shape index (κ2) is 4.86. The van der Waals surface area contributed by atoms with Crippen molar-refractivity contribution in [3.05, 3.63) is 46.9 Å². The van der Waals surface area contributed by atoms with E-state index in [0.717, 1.165) is 5.56 Å². The van der Waals surface area contributed by atoms with Crippen LogP contribution >= 0.6 is 0 Å². The molecule has 0 saturated heterocycles. The lowest BCUT2D eigenvalue weighted by Crippen LogP contribution is -2.25. The van der Waals surface area contributed by atoms with Crippen LogP contribution in [0.15, 0.2) is 40.2 Å². The molecule has 0 radical (unpaired) electrons. The van der Waals surface area contributed by atoms with Crippen molar-refractivity contribution < 1.29 is 4.42 Å². The summed E-state index contributed by atoms with van der Waals surface area (Å²) in [5.74, 6) is 0.363. The van der Waals surface area contributed by atoms with E-state index in [0.29, 0.717) is 12.4 Å². The lowest BCUT2D eigenvalue weighted by Gasteiger charge is -2.11. The van der Waals surface area contributed by atoms with E-state index in [1.807, 2.05) is 19.9 Å². The maximum Gasteiger partial charge on any atom is 0.293 e. The molecule has 0 aliphatic heterocycles. The molecule has 90 valence electrons. The summed E-state index contributed by atoms with van der Waals surface area (Å²) in [7, 11) is 0. The maximum absolute atomic E-state index is 12.0. The van der Waals surface area contributed by atoms with Crippen LogP contribution in [-0.4, -0.2) is 9.55 Å². The van der Waals surface area contributed by atoms with Crippen LogP contribution in [0.25, 0.3) is 0 Å². The average molecular weight is 233 g/mol. The zero-order valence-corrected chi connectivity index (χ0v) is 9.88. The first-order valence-electron chi connectivity index (χ1n) is 5.50. The van der Waals surface area contributed by atoms with E-state index in [-0.39, 0.29) is 11.6 Å². The molecule has 2 rings (SSSR count). The van der Waals surface area contributed by atoms with Gasteiger partial charge in [0.1, 0.15) is 0 Å². The van der Waals surface area contributed by atoms with Gasteiger partial charge in [-0.1, -0.05) is 0 Å². The summed E-state index contributed by atoms with van der Waals surface area (Å²) in [6.07, 6.45) is 6.55. The minimum atomic E-state index is -0.106. The fraction of sp³-hybridized carbons (Fsp3) is 0.333. The standard InChI is InChI=1S/C12H15N3O2/c1-9(2)15-5-4-13-11(12(15)16)14-7-10-3-6-17-8-10/h3-6,8-9H,7H2,1-2H3,(H,13,14). The van der Waals surface area contributed by atoms with Crippen LogP contribution in [-0.2, 0) is 6.54 Å². The van der Waals surface area contributed by atoms with Crippen LogP contribution in [0.1, 0.15) is 25.5 Å². The first-order valence-corrected chi connectivity index (χ1v) is 5.50. The molecular weight excluding hydrogens is 218 g/mol. The zero-order valence-electron chi connectivity index (χ0n) is 9.88. The summed E-state index contributed by atoms with van der Waals surface area (Å²) in [4.78, 5) is 16.0. The molecule has 0 aromatic carbocycles. The lowest BCUT2D eigenvalue weighted by molar-refractivity contribution is 0.564. The van der Waals surface area contributed by atoms with E-state index < -0.39 is 0 Å². The fourth-order valence-corrected chi connectivity index (χ4v) is 1.53. The SMILES string of the molecule is CC(C)n1ccnc(NCc2ccoc2)c1=O. The minimum Gasteiger partial charge on any atom is -0.472 e. The molecule has 5 nitrogen and oxygen atoms in total. The summed E-state index contributed by atoms with van der Waals surface area (Å²) in [6.45, 7) is 4.45. The van der Waals surface area contributed by atoms with Crippen LogP contribution < -0.4 is 10.9 Å². The molecule has 2 aromatic rings. The van der Waals surface area contributed by atoms with E-state index in [1.165, 1.54) is 0 Å². The largest absolute Gasteiger partial charge is 0.472 e. The van der Waals surface area contributed by atoms with Gasteiger partial charge in [0.15, 0.2) is 5.82 Å². The molecule has 0 atom stereocenters. The third kappa shape index (κ3) is 2.55. The van der Waals surface area contributed by atoms with Crippen LogP contribution in [0.4, 0.5) is 5.82 Å². The van der Waals surface area contributed by atoms with Gasteiger partial charge in [0.05, 0.1) is 12.5 Å². The smallest absolute Gasteiger partial charge is 0.293 e. The predicted molar refractivity (Wildman–Crippen MR) is 64.9 cm³/mol. The second-order valence-corrected chi connectivity index (χ2v) is 4.07. The Morgan fingerprint density at radius 3 is 3.00 bits per heavy atom. The van der Waals surface area contributed by atoms with Crippen LogP contribution in [0.3, 0.4) is 0 Å². The van der Waals surface area contributed by atoms with Crippen molar-refractivity contribution in [3.63, 3.8) is 0 Å². The third-order valence-corrected chi connectivity index (χ3v) is 2.46. The van der Waals surface area contributed by atoms with Crippen molar-refractivity contribution in [2.75, 3.05) is 5.32 Å². The van der Waals surface area contributed by atoms with E-state index in [9.17, 15) is 4.79 Å². The number of nitrogens with one attached hydrogen (secondary N) is 1. The van der Waals surface area contributed by atoms with Crippen LogP contribution in [0.2, 0.25) is 0 Å². The fourth-order valence-electron chi connectivity index (χ4n) is 1.53. The highest BCUT2D eigenvalue weighted by atomic mass is 16.3. The van der Waals surface area contributed by atoms with Gasteiger partial charge in [-0.3, -0.25) is 4.79 Å². The van der Waals surface area contributed by atoms with Crippen molar-refractivity contribution in [2.45, 2.75) is 26.4 Å². The Morgan fingerprint density at radius 2 is 2.35 bits per heavy atom. The Bertz CT molecular complexity index is 529. The van der Waals surface area contributed by atoms with Gasteiger partial charge in [-0.15, -0.1) is 0 Å². The molecule has 2 aromatic heterocycles. The number of hydrogen-bond acceptors (Lipinski definition) is 4. The number of rotatable bonds is 4. The molecule has 5 heteroatoms. The van der Waals surface area contributed by atoms with E-state index in [2.05, 4.69) is 10.3 Å². The van der Waals surface area contributed by atoms with E-state index >= 15 is 0 Å². The Morgan fingerprint density at radius 1 is 1.53 bits per heavy atom. The molecule has 0 saturated carbocycles. The molecule has 0 aliphatic rings. The zero-order chi connectivity index (χ0) is 12.3. The van der Waals surface area contributed by atoms with Crippen molar-refractivity contribution in [3.8, 4) is 0 Å². The Balaban J connectivity index is 2.16. The maximum atomic E-state index is 12.0. The topological polar surface area (TPSA) is 60.1 Å². The summed E-state index contributed by atoms with van der Waals surface area (Å²) in [5.41, 5.74) is 0.872. The third-order valence-electron chi connectivity index (χ3n) is 2.46. The first kappa shape index (κ1) is 11.4. The summed E-state index contributed by atoms with van der Waals surface area (Å²) in [6, 6.07) is 1.97. The van der Waals surface area contributed by atoms with Crippen molar-refractivity contribution in [1.29, 1.82) is 0 Å². The first-order chi connectivity index (χ1) is 8.18. The Hall–Kier alpha value is -2.04. The summed E-state index contributed by atoms with van der Waals surface area (Å²) >= 11 is 0. The monoisotopic (exact) mass is 233 g/mol. The number of nitrogens with zero attached hydrogens (tertiary/aromatic N) is 2. The number of hydrogen-bond donors (Lipinski definition) is 1. The molecule has 17 heavy (non-hydrogen) atoms. The molecule has 0 aliphatic carbocycles. The van der Waals surface area contributed by atoms with Crippen LogP contribution in [0.5, 0.6) is 0 Å². The van der Waals surface area contributed by atoms with Gasteiger partial charge < -0.3 is 14.3 Å². The summed E-state index contributed by atoms with van der Waals surface area (Å²) in [5, 5.41) is 3.01. The number of anilines is 1. The van der Waals surface area contributed by atoms with Crippen molar-refractivity contribution >= 4 is 5.82 Å². The molecule has 0 fully saturated rings. The Kier molecular flexibility index (Phi) is 3.27. The number of aromatic nitrogens is 2. The normalized spacial score (nSPS) is 10.8. The lowest BCUT2D eigenvalue weighted by atomic mass is 10.3. The molecule has 2 heterocycles.